The Morgan fingerprint density at radius 2 is 1.80 bits per heavy atom. The number of thiocarbonyl (C=S) groups is 1. The molecule has 0 spiro atoms. The molecule has 0 aliphatic carbocycles. The van der Waals surface area contributed by atoms with Crippen molar-refractivity contribution in [1.82, 2.24) is 0 Å². The van der Waals surface area contributed by atoms with Crippen LogP contribution in [0.3, 0.4) is 0 Å². The zero-order valence-corrected chi connectivity index (χ0v) is 13.1. The van der Waals surface area contributed by atoms with Crippen molar-refractivity contribution in [2.24, 2.45) is 5.73 Å². The first kappa shape index (κ1) is 14.8. The Labute approximate surface area is 130 Å². The van der Waals surface area contributed by atoms with Gasteiger partial charge < -0.3 is 11.1 Å². The quantitative estimate of drug-likeness (QED) is 0.794. The Bertz CT molecular complexity index is 621. The second kappa shape index (κ2) is 6.25. The van der Waals surface area contributed by atoms with E-state index >= 15 is 0 Å². The summed E-state index contributed by atoms with van der Waals surface area (Å²) in [5, 5.41) is 3.89. The molecule has 0 heterocycles. The van der Waals surface area contributed by atoms with Crippen LogP contribution in [0.2, 0.25) is 5.02 Å². The van der Waals surface area contributed by atoms with E-state index in [0.717, 1.165) is 16.9 Å². The van der Waals surface area contributed by atoms with Crippen molar-refractivity contribution >= 4 is 40.2 Å². The van der Waals surface area contributed by atoms with Crippen molar-refractivity contribution in [2.75, 3.05) is 5.32 Å². The summed E-state index contributed by atoms with van der Waals surface area (Å²) in [7, 11) is 0. The molecular formula is C16H17ClN2S. The van der Waals surface area contributed by atoms with E-state index < -0.39 is 0 Å². The largest absolute Gasteiger partial charge is 0.389 e. The number of anilines is 2. The molecule has 2 rings (SSSR count). The van der Waals surface area contributed by atoms with Crippen LogP contribution >= 0.6 is 23.8 Å². The van der Waals surface area contributed by atoms with Gasteiger partial charge in [0, 0.05) is 11.3 Å². The van der Waals surface area contributed by atoms with Gasteiger partial charge >= 0.3 is 0 Å². The predicted octanol–water partition coefficient (Wildman–Crippen LogP) is 4.84. The minimum atomic E-state index is 0.347. The molecule has 2 aromatic carbocycles. The zero-order valence-electron chi connectivity index (χ0n) is 11.5. The Hall–Kier alpha value is -1.58. The van der Waals surface area contributed by atoms with E-state index in [1.165, 1.54) is 5.56 Å². The molecule has 0 saturated carbocycles. The topological polar surface area (TPSA) is 38.0 Å². The molecule has 3 N–H and O–H groups in total. The lowest BCUT2D eigenvalue weighted by atomic mass is 10.0. The van der Waals surface area contributed by atoms with Crippen LogP contribution in [-0.2, 0) is 0 Å². The van der Waals surface area contributed by atoms with Crippen LogP contribution in [0.25, 0.3) is 0 Å². The average Bonchev–Trinajstić information content (AvgIpc) is 2.41. The van der Waals surface area contributed by atoms with E-state index in [0.29, 0.717) is 15.9 Å². The summed E-state index contributed by atoms with van der Waals surface area (Å²) >= 11 is 11.2. The van der Waals surface area contributed by atoms with Crippen LogP contribution in [-0.4, -0.2) is 4.99 Å². The standard InChI is InChI=1S/C16H17ClN2S/c1-10(2)11-3-6-13(7-4-11)19-15-8-5-12(16(18)20)9-14(15)17/h3-10,19H,1-2H3,(H2,18,20). The minimum Gasteiger partial charge on any atom is -0.389 e. The number of hydrogen-bond acceptors (Lipinski definition) is 2. The normalized spacial score (nSPS) is 10.6. The van der Waals surface area contributed by atoms with Gasteiger partial charge in [-0.2, -0.15) is 0 Å². The van der Waals surface area contributed by atoms with Crippen LogP contribution < -0.4 is 11.1 Å². The van der Waals surface area contributed by atoms with Gasteiger partial charge in [0.2, 0.25) is 0 Å². The molecular weight excluding hydrogens is 288 g/mol. The second-order valence-electron chi connectivity index (χ2n) is 4.96. The van der Waals surface area contributed by atoms with E-state index in [-0.39, 0.29) is 0 Å². The number of nitrogens with one attached hydrogen (secondary N) is 1. The first-order valence-electron chi connectivity index (χ1n) is 6.43. The molecule has 20 heavy (non-hydrogen) atoms. The van der Waals surface area contributed by atoms with Crippen molar-refractivity contribution < 1.29 is 0 Å². The fourth-order valence-corrected chi connectivity index (χ4v) is 2.23. The van der Waals surface area contributed by atoms with E-state index in [1.54, 1.807) is 6.07 Å². The maximum Gasteiger partial charge on any atom is 0.104 e. The molecule has 0 unspecified atom stereocenters. The fourth-order valence-electron chi connectivity index (χ4n) is 1.88. The van der Waals surface area contributed by atoms with Crippen LogP contribution in [0.4, 0.5) is 11.4 Å². The number of rotatable bonds is 4. The van der Waals surface area contributed by atoms with Crippen LogP contribution in [0.15, 0.2) is 42.5 Å². The third-order valence-corrected chi connectivity index (χ3v) is 3.66. The zero-order chi connectivity index (χ0) is 14.7. The maximum absolute atomic E-state index is 6.23. The molecule has 4 heteroatoms. The molecule has 104 valence electrons. The van der Waals surface area contributed by atoms with Gasteiger partial charge in [-0.15, -0.1) is 0 Å². The summed E-state index contributed by atoms with van der Waals surface area (Å²) in [6.07, 6.45) is 0. The Morgan fingerprint density at radius 3 is 2.30 bits per heavy atom. The van der Waals surface area contributed by atoms with Gasteiger partial charge in [0.25, 0.3) is 0 Å². The highest BCUT2D eigenvalue weighted by Gasteiger charge is 2.05. The second-order valence-corrected chi connectivity index (χ2v) is 5.81. The van der Waals surface area contributed by atoms with Gasteiger partial charge in [-0.1, -0.05) is 49.8 Å². The highest BCUT2D eigenvalue weighted by molar-refractivity contribution is 7.80. The molecule has 0 aliphatic heterocycles. The number of benzene rings is 2. The third kappa shape index (κ3) is 3.50. The maximum atomic E-state index is 6.23. The van der Waals surface area contributed by atoms with E-state index in [9.17, 15) is 0 Å². The van der Waals surface area contributed by atoms with Crippen molar-refractivity contribution in [2.45, 2.75) is 19.8 Å². The molecule has 0 atom stereocenters. The summed E-state index contributed by atoms with van der Waals surface area (Å²) in [6.45, 7) is 4.35. The van der Waals surface area contributed by atoms with Crippen molar-refractivity contribution in [3.05, 3.63) is 58.6 Å². The van der Waals surface area contributed by atoms with Gasteiger partial charge in [0.15, 0.2) is 0 Å². The predicted molar refractivity (Wildman–Crippen MR) is 91.2 cm³/mol. The summed E-state index contributed by atoms with van der Waals surface area (Å²) in [5.41, 5.74) is 9.50. The summed E-state index contributed by atoms with van der Waals surface area (Å²) in [4.78, 5) is 0.347. The van der Waals surface area contributed by atoms with Crippen LogP contribution in [0, 0.1) is 0 Å². The minimum absolute atomic E-state index is 0.347. The molecule has 0 saturated heterocycles. The molecule has 0 bridgehead atoms. The Kier molecular flexibility index (Phi) is 4.63. The van der Waals surface area contributed by atoms with E-state index in [4.69, 9.17) is 29.6 Å². The Morgan fingerprint density at radius 1 is 1.15 bits per heavy atom. The number of hydrogen-bond donors (Lipinski definition) is 2. The van der Waals surface area contributed by atoms with Gasteiger partial charge in [-0.05, 0) is 41.8 Å². The molecule has 0 radical (unpaired) electrons. The lowest BCUT2D eigenvalue weighted by molar-refractivity contribution is 0.867. The molecule has 0 aliphatic rings. The van der Waals surface area contributed by atoms with E-state index in [2.05, 4.69) is 31.3 Å². The van der Waals surface area contributed by atoms with Crippen LogP contribution in [0.1, 0.15) is 30.9 Å². The summed E-state index contributed by atoms with van der Waals surface area (Å²) in [5.74, 6) is 0.525. The number of nitrogens with two attached hydrogens (primary N) is 1. The first-order valence-corrected chi connectivity index (χ1v) is 7.22. The third-order valence-electron chi connectivity index (χ3n) is 3.11. The highest BCUT2D eigenvalue weighted by atomic mass is 35.5. The smallest absolute Gasteiger partial charge is 0.104 e. The Balaban J connectivity index is 2.19. The average molecular weight is 305 g/mol. The molecule has 0 fully saturated rings. The summed E-state index contributed by atoms with van der Waals surface area (Å²) < 4.78 is 0. The van der Waals surface area contributed by atoms with Crippen molar-refractivity contribution in [3.63, 3.8) is 0 Å². The fraction of sp³-hybridized carbons (Fsp3) is 0.188. The lowest BCUT2D eigenvalue weighted by Crippen LogP contribution is -2.09. The molecule has 0 amide bonds. The van der Waals surface area contributed by atoms with Gasteiger partial charge in [0.05, 0.1) is 10.7 Å². The lowest BCUT2D eigenvalue weighted by Gasteiger charge is -2.11. The van der Waals surface area contributed by atoms with Gasteiger partial charge in [-0.25, -0.2) is 0 Å². The monoisotopic (exact) mass is 304 g/mol. The molecule has 0 aromatic heterocycles. The highest BCUT2D eigenvalue weighted by Crippen LogP contribution is 2.27. The molecule has 2 nitrogen and oxygen atoms in total. The van der Waals surface area contributed by atoms with Gasteiger partial charge in [-0.3, -0.25) is 0 Å². The van der Waals surface area contributed by atoms with E-state index in [1.807, 2.05) is 24.3 Å². The number of halogens is 1. The summed E-state index contributed by atoms with van der Waals surface area (Å²) in [6, 6.07) is 13.8. The van der Waals surface area contributed by atoms with Crippen molar-refractivity contribution in [3.8, 4) is 0 Å². The SMILES string of the molecule is CC(C)c1ccc(Nc2ccc(C(N)=S)cc2Cl)cc1. The molecule has 2 aromatic rings. The van der Waals surface area contributed by atoms with Crippen molar-refractivity contribution in [1.29, 1.82) is 0 Å². The van der Waals surface area contributed by atoms with Crippen LogP contribution in [0.5, 0.6) is 0 Å². The van der Waals surface area contributed by atoms with Gasteiger partial charge in [0.1, 0.15) is 4.99 Å². The first-order chi connectivity index (χ1) is 9.47.